The van der Waals surface area contributed by atoms with Crippen LogP contribution in [0.5, 0.6) is 0 Å². The van der Waals surface area contributed by atoms with E-state index in [9.17, 15) is 0 Å². The van der Waals surface area contributed by atoms with Gasteiger partial charge in [-0.05, 0) is 29.4 Å². The van der Waals surface area contributed by atoms with Gasteiger partial charge in [0.05, 0.1) is 0 Å². The Labute approximate surface area is 124 Å². The highest BCUT2D eigenvalue weighted by Gasteiger charge is 2.27. The van der Waals surface area contributed by atoms with E-state index in [0.717, 1.165) is 16.7 Å². The molecule has 2 aromatic rings. The minimum Gasteiger partial charge on any atom is -0.262 e. The number of aromatic amines is 1. The second kappa shape index (κ2) is 5.24. The molecule has 0 aliphatic heterocycles. The van der Waals surface area contributed by atoms with Crippen molar-refractivity contribution in [3.8, 4) is 0 Å². The molecular formula is C16H21N3S. The summed E-state index contributed by atoms with van der Waals surface area (Å²) in [5.74, 6) is 2.63. The average molecular weight is 287 g/mol. The Morgan fingerprint density at radius 1 is 1.20 bits per heavy atom. The fourth-order valence-electron chi connectivity index (χ4n) is 2.11. The van der Waals surface area contributed by atoms with E-state index in [2.05, 4.69) is 60.2 Å². The maximum Gasteiger partial charge on any atom is 0.208 e. The summed E-state index contributed by atoms with van der Waals surface area (Å²) in [7, 11) is 0. The van der Waals surface area contributed by atoms with E-state index in [1.54, 1.807) is 11.8 Å². The van der Waals surface area contributed by atoms with Gasteiger partial charge >= 0.3 is 0 Å². The summed E-state index contributed by atoms with van der Waals surface area (Å²) in [6, 6.07) is 8.87. The number of aromatic nitrogens is 3. The minimum atomic E-state index is 0.217. The molecule has 1 fully saturated rings. The zero-order valence-electron chi connectivity index (χ0n) is 12.3. The molecule has 3 rings (SSSR count). The fourth-order valence-corrected chi connectivity index (χ4v) is 2.87. The normalized spacial score (nSPS) is 15.6. The van der Waals surface area contributed by atoms with Crippen molar-refractivity contribution in [1.82, 2.24) is 15.2 Å². The van der Waals surface area contributed by atoms with E-state index in [4.69, 9.17) is 0 Å². The number of nitrogens with zero attached hydrogens (tertiary/aromatic N) is 2. The molecule has 1 aromatic carbocycles. The molecule has 0 atom stereocenters. The lowest BCUT2D eigenvalue weighted by molar-refractivity contribution is 0.590. The van der Waals surface area contributed by atoms with Gasteiger partial charge in [0.1, 0.15) is 5.82 Å². The summed E-state index contributed by atoms with van der Waals surface area (Å²) < 4.78 is 0. The summed E-state index contributed by atoms with van der Waals surface area (Å²) in [6.07, 6.45) is 2.52. The molecule has 0 saturated heterocycles. The molecule has 1 N–H and O–H groups in total. The summed E-state index contributed by atoms with van der Waals surface area (Å²) in [5, 5.41) is 8.19. The monoisotopic (exact) mass is 287 g/mol. The predicted octanol–water partition coefficient (Wildman–Crippen LogP) is 4.27. The quantitative estimate of drug-likeness (QED) is 0.854. The number of H-pyrrole nitrogens is 1. The standard InChI is InChI=1S/C16H21N3S/c1-16(2,3)13-8-4-11(5-9-13)10-20-15-17-14(18-19-15)12-6-7-12/h4-5,8-9,12H,6-7,10H2,1-3H3,(H,17,18,19). The molecule has 0 spiro atoms. The Morgan fingerprint density at radius 3 is 2.50 bits per heavy atom. The number of hydrogen-bond donors (Lipinski definition) is 1. The molecule has 1 aliphatic carbocycles. The maximum absolute atomic E-state index is 4.54. The van der Waals surface area contributed by atoms with Crippen LogP contribution in [0.1, 0.15) is 56.5 Å². The van der Waals surface area contributed by atoms with E-state index in [0.29, 0.717) is 5.92 Å². The first-order chi connectivity index (χ1) is 9.52. The van der Waals surface area contributed by atoms with Crippen LogP contribution in [0, 0.1) is 0 Å². The minimum absolute atomic E-state index is 0.217. The Hall–Kier alpha value is -1.29. The first kappa shape index (κ1) is 13.7. The van der Waals surface area contributed by atoms with E-state index in [1.165, 1.54) is 24.0 Å². The van der Waals surface area contributed by atoms with Crippen LogP contribution in [0.3, 0.4) is 0 Å². The molecule has 0 unspecified atom stereocenters. The van der Waals surface area contributed by atoms with Gasteiger partial charge in [-0.3, -0.25) is 5.10 Å². The Kier molecular flexibility index (Phi) is 3.59. The van der Waals surface area contributed by atoms with Crippen LogP contribution < -0.4 is 0 Å². The highest BCUT2D eigenvalue weighted by molar-refractivity contribution is 7.98. The summed E-state index contributed by atoms with van der Waals surface area (Å²) in [5.41, 5.74) is 2.91. The van der Waals surface area contributed by atoms with Crippen molar-refractivity contribution in [3.05, 3.63) is 41.2 Å². The molecule has 0 bridgehead atoms. The number of thioether (sulfide) groups is 1. The Bertz CT molecular complexity index is 577. The lowest BCUT2D eigenvalue weighted by Crippen LogP contribution is -2.10. The molecule has 0 radical (unpaired) electrons. The zero-order chi connectivity index (χ0) is 14.2. The van der Waals surface area contributed by atoms with Gasteiger partial charge in [0, 0.05) is 11.7 Å². The molecule has 4 heteroatoms. The molecule has 1 aromatic heterocycles. The van der Waals surface area contributed by atoms with Gasteiger partial charge < -0.3 is 0 Å². The van der Waals surface area contributed by atoms with Crippen molar-refractivity contribution in [2.45, 2.75) is 55.9 Å². The van der Waals surface area contributed by atoms with Crippen molar-refractivity contribution in [1.29, 1.82) is 0 Å². The lowest BCUT2D eigenvalue weighted by Gasteiger charge is -2.19. The van der Waals surface area contributed by atoms with E-state index >= 15 is 0 Å². The van der Waals surface area contributed by atoms with Crippen molar-refractivity contribution in [3.63, 3.8) is 0 Å². The van der Waals surface area contributed by atoms with Crippen LogP contribution in [0.2, 0.25) is 0 Å². The summed E-state index contributed by atoms with van der Waals surface area (Å²) in [4.78, 5) is 4.54. The van der Waals surface area contributed by atoms with Gasteiger partial charge in [-0.15, -0.1) is 5.10 Å². The van der Waals surface area contributed by atoms with Gasteiger partial charge in [0.15, 0.2) is 0 Å². The van der Waals surface area contributed by atoms with Crippen LogP contribution in [0.15, 0.2) is 29.4 Å². The second-order valence-electron chi connectivity index (χ2n) is 6.51. The molecule has 3 nitrogen and oxygen atoms in total. The largest absolute Gasteiger partial charge is 0.262 e. The smallest absolute Gasteiger partial charge is 0.208 e. The summed E-state index contributed by atoms with van der Waals surface area (Å²) >= 11 is 1.70. The van der Waals surface area contributed by atoms with E-state index in [-0.39, 0.29) is 5.41 Å². The van der Waals surface area contributed by atoms with Crippen LogP contribution in [0.4, 0.5) is 0 Å². The highest BCUT2D eigenvalue weighted by Crippen LogP contribution is 2.38. The predicted molar refractivity (Wildman–Crippen MR) is 83.1 cm³/mol. The molecule has 106 valence electrons. The molecule has 1 saturated carbocycles. The van der Waals surface area contributed by atoms with Crippen molar-refractivity contribution in [2.75, 3.05) is 0 Å². The van der Waals surface area contributed by atoms with E-state index in [1.807, 2.05) is 0 Å². The number of rotatable bonds is 4. The number of hydrogen-bond acceptors (Lipinski definition) is 3. The Balaban J connectivity index is 1.59. The lowest BCUT2D eigenvalue weighted by atomic mass is 9.87. The second-order valence-corrected chi connectivity index (χ2v) is 7.46. The average Bonchev–Trinajstić information content (AvgIpc) is 3.15. The van der Waals surface area contributed by atoms with Crippen molar-refractivity contribution in [2.24, 2.45) is 0 Å². The highest BCUT2D eigenvalue weighted by atomic mass is 32.2. The maximum atomic E-state index is 4.54. The van der Waals surface area contributed by atoms with Crippen LogP contribution in [-0.2, 0) is 11.2 Å². The first-order valence-electron chi connectivity index (χ1n) is 7.17. The Morgan fingerprint density at radius 2 is 1.90 bits per heavy atom. The van der Waals surface area contributed by atoms with Crippen LogP contribution >= 0.6 is 11.8 Å². The van der Waals surface area contributed by atoms with Gasteiger partial charge in [-0.25, -0.2) is 4.98 Å². The third kappa shape index (κ3) is 3.23. The molecule has 1 heterocycles. The first-order valence-corrected chi connectivity index (χ1v) is 8.15. The zero-order valence-corrected chi connectivity index (χ0v) is 13.1. The molecule has 0 amide bonds. The van der Waals surface area contributed by atoms with Crippen molar-refractivity contribution >= 4 is 11.8 Å². The topological polar surface area (TPSA) is 41.6 Å². The van der Waals surface area contributed by atoms with Gasteiger partial charge in [0.2, 0.25) is 5.16 Å². The third-order valence-corrected chi connectivity index (χ3v) is 4.55. The molecule has 20 heavy (non-hydrogen) atoms. The summed E-state index contributed by atoms with van der Waals surface area (Å²) in [6.45, 7) is 6.72. The fraction of sp³-hybridized carbons (Fsp3) is 0.500. The van der Waals surface area contributed by atoms with Gasteiger partial charge in [-0.1, -0.05) is 56.8 Å². The van der Waals surface area contributed by atoms with Gasteiger partial charge in [0.25, 0.3) is 0 Å². The molecule has 1 aliphatic rings. The van der Waals surface area contributed by atoms with Gasteiger partial charge in [-0.2, -0.15) is 0 Å². The SMILES string of the molecule is CC(C)(C)c1ccc(CSc2n[nH]c(C3CC3)n2)cc1. The van der Waals surface area contributed by atoms with Crippen LogP contribution in [0.25, 0.3) is 0 Å². The van der Waals surface area contributed by atoms with Crippen molar-refractivity contribution < 1.29 is 0 Å². The van der Waals surface area contributed by atoms with E-state index < -0.39 is 0 Å². The van der Waals surface area contributed by atoms with Crippen LogP contribution in [-0.4, -0.2) is 15.2 Å². The number of benzene rings is 1. The molecular weight excluding hydrogens is 266 g/mol. The third-order valence-electron chi connectivity index (χ3n) is 3.63. The number of nitrogens with one attached hydrogen (secondary N) is 1.